The van der Waals surface area contributed by atoms with Crippen molar-refractivity contribution in [1.29, 1.82) is 0 Å². The fourth-order valence-corrected chi connectivity index (χ4v) is 3.38. The van der Waals surface area contributed by atoms with Gasteiger partial charge in [0.25, 0.3) is 0 Å². The Bertz CT molecular complexity index is 334. The molecule has 96 valence electrons. The zero-order valence-corrected chi connectivity index (χ0v) is 11.3. The van der Waals surface area contributed by atoms with Crippen LogP contribution in [-0.2, 0) is 4.74 Å². The van der Waals surface area contributed by atoms with E-state index in [1.54, 1.807) is 11.3 Å². The predicted octanol–water partition coefficient (Wildman–Crippen LogP) is 2.91. The molecule has 3 N–H and O–H groups in total. The minimum Gasteiger partial charge on any atom is -0.378 e. The number of ether oxygens (including phenoxy) is 1. The summed E-state index contributed by atoms with van der Waals surface area (Å²) in [6.07, 6.45) is 6.40. The summed E-state index contributed by atoms with van der Waals surface area (Å²) in [6.45, 7) is 3.10. The zero-order chi connectivity index (χ0) is 12.1. The molecule has 3 nitrogen and oxygen atoms in total. The standard InChI is InChI=1S/C13H22N2OS/c1-10-8-17-9-12(10)13(15-14)6-2-4-11-5-3-7-16-11/h8-9,11,13,15H,2-7,14H2,1H3. The van der Waals surface area contributed by atoms with Gasteiger partial charge in [0.15, 0.2) is 0 Å². The first-order chi connectivity index (χ1) is 8.31. The number of hydrogen-bond donors (Lipinski definition) is 2. The summed E-state index contributed by atoms with van der Waals surface area (Å²) in [5.41, 5.74) is 5.63. The summed E-state index contributed by atoms with van der Waals surface area (Å²) in [5, 5.41) is 4.38. The molecule has 0 aromatic carbocycles. The maximum Gasteiger partial charge on any atom is 0.0576 e. The monoisotopic (exact) mass is 254 g/mol. The van der Waals surface area contributed by atoms with Crippen LogP contribution in [0.1, 0.15) is 49.3 Å². The molecule has 0 aliphatic carbocycles. The van der Waals surface area contributed by atoms with Crippen molar-refractivity contribution in [2.24, 2.45) is 5.84 Å². The number of hydrazine groups is 1. The van der Waals surface area contributed by atoms with Gasteiger partial charge in [0.1, 0.15) is 0 Å². The lowest BCUT2D eigenvalue weighted by Crippen LogP contribution is -2.28. The van der Waals surface area contributed by atoms with Crippen molar-refractivity contribution in [3.05, 3.63) is 21.9 Å². The molecule has 0 spiro atoms. The Labute approximate surface area is 107 Å². The van der Waals surface area contributed by atoms with Gasteiger partial charge in [0.2, 0.25) is 0 Å². The molecule has 2 atom stereocenters. The van der Waals surface area contributed by atoms with Gasteiger partial charge < -0.3 is 4.74 Å². The molecule has 1 aromatic heterocycles. The Morgan fingerprint density at radius 3 is 3.06 bits per heavy atom. The van der Waals surface area contributed by atoms with E-state index in [1.165, 1.54) is 36.8 Å². The van der Waals surface area contributed by atoms with Crippen molar-refractivity contribution in [2.45, 2.75) is 51.2 Å². The van der Waals surface area contributed by atoms with Crippen LogP contribution in [0.5, 0.6) is 0 Å². The van der Waals surface area contributed by atoms with E-state index in [1.807, 2.05) is 0 Å². The number of nitrogens with two attached hydrogens (primary N) is 1. The highest BCUT2D eigenvalue weighted by Crippen LogP contribution is 2.26. The Balaban J connectivity index is 1.77. The van der Waals surface area contributed by atoms with E-state index in [0.29, 0.717) is 12.1 Å². The van der Waals surface area contributed by atoms with Gasteiger partial charge in [-0.2, -0.15) is 11.3 Å². The van der Waals surface area contributed by atoms with Gasteiger partial charge in [-0.3, -0.25) is 11.3 Å². The molecule has 2 unspecified atom stereocenters. The molecule has 1 saturated heterocycles. The van der Waals surface area contributed by atoms with Crippen molar-refractivity contribution in [3.8, 4) is 0 Å². The van der Waals surface area contributed by atoms with Gasteiger partial charge in [-0.05, 0) is 60.9 Å². The first-order valence-corrected chi connectivity index (χ1v) is 7.36. The molecule has 17 heavy (non-hydrogen) atoms. The van der Waals surface area contributed by atoms with Gasteiger partial charge in [-0.15, -0.1) is 0 Å². The first-order valence-electron chi connectivity index (χ1n) is 6.41. The summed E-state index contributed by atoms with van der Waals surface area (Å²) in [6, 6.07) is 0.294. The highest BCUT2D eigenvalue weighted by Gasteiger charge is 2.17. The van der Waals surface area contributed by atoms with Gasteiger partial charge in [-0.25, -0.2) is 0 Å². The maximum absolute atomic E-state index is 5.65. The second-order valence-electron chi connectivity index (χ2n) is 4.80. The van der Waals surface area contributed by atoms with E-state index < -0.39 is 0 Å². The molecular formula is C13H22N2OS. The van der Waals surface area contributed by atoms with Crippen molar-refractivity contribution >= 4 is 11.3 Å². The average Bonchev–Trinajstić information content (AvgIpc) is 2.96. The molecule has 0 saturated carbocycles. The van der Waals surface area contributed by atoms with Crippen LogP contribution in [0.4, 0.5) is 0 Å². The number of rotatable bonds is 6. The van der Waals surface area contributed by atoms with E-state index in [2.05, 4.69) is 23.1 Å². The third-order valence-electron chi connectivity index (χ3n) is 3.51. The van der Waals surface area contributed by atoms with Crippen LogP contribution in [0.25, 0.3) is 0 Å². The molecule has 4 heteroatoms. The molecule has 1 aromatic rings. The molecule has 2 heterocycles. The van der Waals surface area contributed by atoms with Gasteiger partial charge in [0, 0.05) is 12.6 Å². The minimum absolute atomic E-state index is 0.294. The van der Waals surface area contributed by atoms with Gasteiger partial charge in [-0.1, -0.05) is 0 Å². The van der Waals surface area contributed by atoms with Crippen molar-refractivity contribution in [2.75, 3.05) is 6.61 Å². The normalized spacial score (nSPS) is 21.9. The van der Waals surface area contributed by atoms with Crippen LogP contribution in [0.15, 0.2) is 10.8 Å². The lowest BCUT2D eigenvalue weighted by Gasteiger charge is -2.17. The van der Waals surface area contributed by atoms with E-state index in [0.717, 1.165) is 13.0 Å². The summed E-state index contributed by atoms with van der Waals surface area (Å²) in [7, 11) is 0. The van der Waals surface area contributed by atoms with Crippen LogP contribution in [-0.4, -0.2) is 12.7 Å². The third-order valence-corrected chi connectivity index (χ3v) is 4.39. The van der Waals surface area contributed by atoms with Crippen molar-refractivity contribution < 1.29 is 4.74 Å². The lowest BCUT2D eigenvalue weighted by molar-refractivity contribution is 0.101. The predicted molar refractivity (Wildman–Crippen MR) is 71.9 cm³/mol. The zero-order valence-electron chi connectivity index (χ0n) is 10.4. The lowest BCUT2D eigenvalue weighted by atomic mass is 9.99. The summed E-state index contributed by atoms with van der Waals surface area (Å²) in [4.78, 5) is 0. The Morgan fingerprint density at radius 2 is 2.47 bits per heavy atom. The van der Waals surface area contributed by atoms with E-state index in [9.17, 15) is 0 Å². The van der Waals surface area contributed by atoms with E-state index in [4.69, 9.17) is 10.6 Å². The molecule has 0 radical (unpaired) electrons. The summed E-state index contributed by atoms with van der Waals surface area (Å²) >= 11 is 1.75. The molecule has 1 aliphatic heterocycles. The molecule has 2 rings (SSSR count). The first kappa shape index (κ1) is 13.0. The molecular weight excluding hydrogens is 232 g/mol. The Hall–Kier alpha value is -0.420. The largest absolute Gasteiger partial charge is 0.378 e. The molecule has 0 amide bonds. The SMILES string of the molecule is Cc1cscc1C(CCCC1CCCO1)NN. The maximum atomic E-state index is 5.65. The number of thiophene rings is 1. The van der Waals surface area contributed by atoms with Crippen molar-refractivity contribution in [1.82, 2.24) is 5.43 Å². The Morgan fingerprint density at radius 1 is 1.59 bits per heavy atom. The molecule has 1 aliphatic rings. The van der Waals surface area contributed by atoms with Crippen LogP contribution in [0.2, 0.25) is 0 Å². The van der Waals surface area contributed by atoms with Crippen LogP contribution in [0, 0.1) is 6.92 Å². The Kier molecular flexibility index (Phi) is 4.98. The van der Waals surface area contributed by atoms with Crippen LogP contribution >= 0.6 is 11.3 Å². The second kappa shape index (κ2) is 6.50. The van der Waals surface area contributed by atoms with E-state index >= 15 is 0 Å². The fourth-order valence-electron chi connectivity index (χ4n) is 2.48. The fraction of sp³-hybridized carbons (Fsp3) is 0.692. The number of hydrogen-bond acceptors (Lipinski definition) is 4. The minimum atomic E-state index is 0.294. The summed E-state index contributed by atoms with van der Waals surface area (Å²) in [5.74, 6) is 5.65. The van der Waals surface area contributed by atoms with Crippen LogP contribution in [0.3, 0.4) is 0 Å². The average molecular weight is 254 g/mol. The number of nitrogens with one attached hydrogen (secondary N) is 1. The number of aryl methyl sites for hydroxylation is 1. The van der Waals surface area contributed by atoms with Crippen LogP contribution < -0.4 is 11.3 Å². The van der Waals surface area contributed by atoms with Gasteiger partial charge >= 0.3 is 0 Å². The second-order valence-corrected chi connectivity index (χ2v) is 5.54. The molecule has 1 fully saturated rings. The smallest absolute Gasteiger partial charge is 0.0576 e. The quantitative estimate of drug-likeness (QED) is 0.606. The van der Waals surface area contributed by atoms with Gasteiger partial charge in [0.05, 0.1) is 6.10 Å². The highest BCUT2D eigenvalue weighted by atomic mass is 32.1. The highest BCUT2D eigenvalue weighted by molar-refractivity contribution is 7.08. The molecule has 0 bridgehead atoms. The third kappa shape index (κ3) is 3.52. The topological polar surface area (TPSA) is 47.3 Å². The van der Waals surface area contributed by atoms with E-state index in [-0.39, 0.29) is 0 Å². The van der Waals surface area contributed by atoms with Crippen molar-refractivity contribution in [3.63, 3.8) is 0 Å². The summed E-state index contributed by atoms with van der Waals surface area (Å²) < 4.78 is 5.63.